The molecule has 0 heterocycles. The van der Waals surface area contributed by atoms with Crippen molar-refractivity contribution in [3.05, 3.63) is 34.4 Å². The van der Waals surface area contributed by atoms with Gasteiger partial charge in [-0.25, -0.2) is 8.78 Å². The van der Waals surface area contributed by atoms with Crippen LogP contribution in [0.4, 0.5) is 8.78 Å². The number of rotatable bonds is 2. The first-order valence-corrected chi connectivity index (χ1v) is 4.27. The highest BCUT2D eigenvalue weighted by Crippen LogP contribution is 2.27. The lowest BCUT2D eigenvalue weighted by Gasteiger charge is -2.10. The van der Waals surface area contributed by atoms with E-state index in [0.717, 1.165) is 12.1 Å². The van der Waals surface area contributed by atoms with Crippen molar-refractivity contribution >= 4 is 11.6 Å². The maximum atomic E-state index is 13.2. The van der Waals surface area contributed by atoms with Crippen molar-refractivity contribution in [1.29, 1.82) is 0 Å². The molecule has 0 saturated heterocycles. The minimum absolute atomic E-state index is 0.177. The van der Waals surface area contributed by atoms with Crippen LogP contribution in [0.1, 0.15) is 25.0 Å². The van der Waals surface area contributed by atoms with Crippen LogP contribution >= 0.6 is 11.6 Å². The Balaban J connectivity index is 3.25. The van der Waals surface area contributed by atoms with Crippen LogP contribution in [0.15, 0.2) is 12.1 Å². The molecule has 1 N–H and O–H groups in total. The van der Waals surface area contributed by atoms with Gasteiger partial charge in [0, 0.05) is 0 Å². The molecular weight excluding hydrogens is 198 g/mol. The molecule has 0 bridgehead atoms. The first-order valence-electron chi connectivity index (χ1n) is 3.89. The van der Waals surface area contributed by atoms with Gasteiger partial charge in [-0.3, -0.25) is 0 Å². The third-order valence-corrected chi connectivity index (χ3v) is 2.09. The van der Waals surface area contributed by atoms with Crippen molar-refractivity contribution in [1.82, 2.24) is 0 Å². The monoisotopic (exact) mass is 206 g/mol. The first kappa shape index (κ1) is 10.4. The van der Waals surface area contributed by atoms with E-state index in [-0.39, 0.29) is 17.0 Å². The third kappa shape index (κ3) is 1.98. The lowest BCUT2D eigenvalue weighted by Crippen LogP contribution is -2.03. The smallest absolute Gasteiger partial charge is 0.150 e. The molecule has 1 nitrogen and oxygen atoms in total. The Morgan fingerprint density at radius 2 is 2.08 bits per heavy atom. The lowest BCUT2D eigenvalue weighted by atomic mass is 10.1. The van der Waals surface area contributed by atoms with Crippen LogP contribution < -0.4 is 0 Å². The summed E-state index contributed by atoms with van der Waals surface area (Å²) in [5, 5.41) is 9.10. The van der Waals surface area contributed by atoms with Gasteiger partial charge in [-0.15, -0.1) is 0 Å². The normalized spacial score (nSPS) is 13.0. The molecule has 0 amide bonds. The van der Waals surface area contributed by atoms with E-state index < -0.39 is 17.7 Å². The van der Waals surface area contributed by atoms with Gasteiger partial charge >= 0.3 is 0 Å². The zero-order valence-corrected chi connectivity index (χ0v) is 7.78. The molecular formula is C9H9ClF2O. The maximum absolute atomic E-state index is 13.2. The van der Waals surface area contributed by atoms with Gasteiger partial charge in [0.2, 0.25) is 0 Å². The average Bonchev–Trinajstić information content (AvgIpc) is 2.12. The van der Waals surface area contributed by atoms with E-state index in [1.807, 2.05) is 0 Å². The van der Waals surface area contributed by atoms with Crippen molar-refractivity contribution in [2.24, 2.45) is 0 Å². The van der Waals surface area contributed by atoms with Crippen LogP contribution in [0.25, 0.3) is 0 Å². The highest BCUT2D eigenvalue weighted by molar-refractivity contribution is 6.30. The highest BCUT2D eigenvalue weighted by Gasteiger charge is 2.18. The summed E-state index contributed by atoms with van der Waals surface area (Å²) in [5.41, 5.74) is -0.352. The minimum atomic E-state index is -1.14. The first-order chi connectivity index (χ1) is 6.07. The number of hydrogen-bond donors (Lipinski definition) is 1. The van der Waals surface area contributed by atoms with Crippen LogP contribution in [0, 0.1) is 11.6 Å². The zero-order chi connectivity index (χ0) is 10.0. The Kier molecular flexibility index (Phi) is 3.22. The number of aliphatic hydroxyl groups is 1. The summed E-state index contributed by atoms with van der Waals surface area (Å²) < 4.78 is 26.2. The van der Waals surface area contributed by atoms with E-state index in [1.165, 1.54) is 0 Å². The third-order valence-electron chi connectivity index (χ3n) is 1.80. The molecule has 1 aromatic carbocycles. The van der Waals surface area contributed by atoms with Gasteiger partial charge in [0.25, 0.3) is 0 Å². The fourth-order valence-electron chi connectivity index (χ4n) is 1.05. The molecule has 1 aromatic rings. The number of aliphatic hydroxyl groups excluding tert-OH is 1. The predicted octanol–water partition coefficient (Wildman–Crippen LogP) is 3.06. The molecule has 0 radical (unpaired) electrons. The fraction of sp³-hybridized carbons (Fsp3) is 0.333. The molecule has 0 aliphatic carbocycles. The summed E-state index contributed by atoms with van der Waals surface area (Å²) in [7, 11) is 0. The largest absolute Gasteiger partial charge is 0.388 e. The standard InChI is InChI=1S/C9H9ClF2O/c1-2-7(13)8-6(11)4-3-5(10)9(8)12/h3-4,7,13H,2H2,1H3. The fourth-order valence-corrected chi connectivity index (χ4v) is 1.22. The molecule has 0 aromatic heterocycles. The molecule has 1 unspecified atom stereocenters. The summed E-state index contributed by atoms with van der Waals surface area (Å²) in [6.07, 6.45) is -0.896. The highest BCUT2D eigenvalue weighted by atomic mass is 35.5. The number of benzene rings is 1. The van der Waals surface area contributed by atoms with Crippen molar-refractivity contribution in [3.8, 4) is 0 Å². The van der Waals surface area contributed by atoms with Gasteiger partial charge in [0.1, 0.15) is 5.82 Å². The second kappa shape index (κ2) is 4.03. The van der Waals surface area contributed by atoms with Gasteiger partial charge in [0.15, 0.2) is 5.82 Å². The Hall–Kier alpha value is -0.670. The van der Waals surface area contributed by atoms with Crippen LogP contribution in [0.2, 0.25) is 5.02 Å². The molecule has 72 valence electrons. The molecule has 0 aliphatic heterocycles. The van der Waals surface area contributed by atoms with Gasteiger partial charge in [-0.05, 0) is 18.6 Å². The lowest BCUT2D eigenvalue weighted by molar-refractivity contribution is 0.164. The van der Waals surface area contributed by atoms with Crippen LogP contribution in [0.5, 0.6) is 0 Å². The number of halogens is 3. The van der Waals surface area contributed by atoms with E-state index in [4.69, 9.17) is 11.6 Å². The molecule has 4 heteroatoms. The topological polar surface area (TPSA) is 20.2 Å². The average molecular weight is 207 g/mol. The Labute approximate surface area is 80.0 Å². The Morgan fingerprint density at radius 3 is 2.62 bits per heavy atom. The minimum Gasteiger partial charge on any atom is -0.388 e. The zero-order valence-electron chi connectivity index (χ0n) is 7.02. The Morgan fingerprint density at radius 1 is 1.46 bits per heavy atom. The predicted molar refractivity (Wildman–Crippen MR) is 46.6 cm³/mol. The van der Waals surface area contributed by atoms with E-state index in [2.05, 4.69) is 0 Å². The van der Waals surface area contributed by atoms with Crippen LogP contribution in [-0.2, 0) is 0 Å². The summed E-state index contributed by atoms with van der Waals surface area (Å²) in [6, 6.07) is 2.16. The van der Waals surface area contributed by atoms with Crippen molar-refractivity contribution in [3.63, 3.8) is 0 Å². The maximum Gasteiger partial charge on any atom is 0.150 e. The van der Waals surface area contributed by atoms with Crippen LogP contribution in [0.3, 0.4) is 0 Å². The molecule has 1 atom stereocenters. The van der Waals surface area contributed by atoms with Crippen molar-refractivity contribution in [2.45, 2.75) is 19.4 Å². The SMILES string of the molecule is CCC(O)c1c(F)ccc(Cl)c1F. The molecule has 0 saturated carbocycles. The second-order valence-electron chi connectivity index (χ2n) is 2.68. The Bertz CT molecular complexity index is 315. The van der Waals surface area contributed by atoms with E-state index in [9.17, 15) is 13.9 Å². The summed E-state index contributed by atoms with van der Waals surface area (Å²) >= 11 is 5.43. The molecule has 0 fully saturated rings. The summed E-state index contributed by atoms with van der Waals surface area (Å²) in [4.78, 5) is 0. The van der Waals surface area contributed by atoms with E-state index in [1.54, 1.807) is 6.92 Å². The van der Waals surface area contributed by atoms with Crippen molar-refractivity contribution in [2.75, 3.05) is 0 Å². The molecule has 1 rings (SSSR count). The van der Waals surface area contributed by atoms with Crippen molar-refractivity contribution < 1.29 is 13.9 Å². The van der Waals surface area contributed by atoms with E-state index in [0.29, 0.717) is 0 Å². The van der Waals surface area contributed by atoms with Crippen LogP contribution in [-0.4, -0.2) is 5.11 Å². The van der Waals surface area contributed by atoms with Gasteiger partial charge in [0.05, 0.1) is 16.7 Å². The summed E-state index contributed by atoms with van der Waals surface area (Å²) in [5.74, 6) is -1.65. The van der Waals surface area contributed by atoms with Gasteiger partial charge < -0.3 is 5.11 Å². The summed E-state index contributed by atoms with van der Waals surface area (Å²) in [6.45, 7) is 1.63. The molecule has 0 spiro atoms. The molecule has 0 aliphatic rings. The number of hydrogen-bond acceptors (Lipinski definition) is 1. The van der Waals surface area contributed by atoms with Gasteiger partial charge in [-0.2, -0.15) is 0 Å². The quantitative estimate of drug-likeness (QED) is 0.738. The molecule has 13 heavy (non-hydrogen) atoms. The second-order valence-corrected chi connectivity index (χ2v) is 3.09. The van der Waals surface area contributed by atoms with Gasteiger partial charge in [-0.1, -0.05) is 18.5 Å². The van der Waals surface area contributed by atoms with E-state index >= 15 is 0 Å².